The third-order valence-corrected chi connectivity index (χ3v) is 5.80. The first kappa shape index (κ1) is 18.2. The molecule has 0 bridgehead atoms. The second-order valence-corrected chi connectivity index (χ2v) is 8.03. The van der Waals surface area contributed by atoms with E-state index in [2.05, 4.69) is 4.72 Å². The van der Waals surface area contributed by atoms with Crippen LogP contribution in [0.4, 0.5) is 0 Å². The molecule has 138 valence electrons. The zero-order valence-corrected chi connectivity index (χ0v) is 15.0. The fourth-order valence-corrected chi connectivity index (χ4v) is 4.19. The molecule has 1 atom stereocenters. The molecule has 1 aliphatic heterocycles. The first-order chi connectivity index (χ1) is 12.0. The Balaban J connectivity index is 1.72. The van der Waals surface area contributed by atoms with Crippen LogP contribution >= 0.6 is 0 Å². The van der Waals surface area contributed by atoms with E-state index < -0.39 is 16.0 Å². The van der Waals surface area contributed by atoms with Gasteiger partial charge in [0.05, 0.1) is 18.8 Å². The van der Waals surface area contributed by atoms with E-state index in [-0.39, 0.29) is 35.0 Å². The van der Waals surface area contributed by atoms with Crippen LogP contribution in [-0.2, 0) is 19.5 Å². The summed E-state index contributed by atoms with van der Waals surface area (Å²) in [5.74, 6) is -0.375. The van der Waals surface area contributed by atoms with E-state index in [0.29, 0.717) is 6.61 Å². The number of rotatable bonds is 7. The molecule has 1 aromatic rings. The van der Waals surface area contributed by atoms with E-state index in [4.69, 9.17) is 14.2 Å². The minimum atomic E-state index is -3.74. The molecule has 3 rings (SSSR count). The maximum absolute atomic E-state index is 12.5. The highest BCUT2D eigenvalue weighted by molar-refractivity contribution is 7.89. The summed E-state index contributed by atoms with van der Waals surface area (Å²) in [6.07, 6.45) is 4.50. The number of methoxy groups -OCH3 is 1. The van der Waals surface area contributed by atoms with Gasteiger partial charge in [-0.15, -0.1) is 0 Å². The number of hydrogen-bond donors (Lipinski definition) is 1. The molecule has 8 heteroatoms. The van der Waals surface area contributed by atoms with Crippen LogP contribution in [0.25, 0.3) is 0 Å². The van der Waals surface area contributed by atoms with Crippen LogP contribution < -0.4 is 9.46 Å². The Kier molecular flexibility index (Phi) is 5.61. The van der Waals surface area contributed by atoms with Gasteiger partial charge in [0.15, 0.2) is 0 Å². The molecule has 1 aromatic carbocycles. The van der Waals surface area contributed by atoms with Crippen molar-refractivity contribution in [1.29, 1.82) is 0 Å². The molecule has 1 heterocycles. The number of ether oxygens (including phenoxy) is 3. The molecule has 0 amide bonds. The van der Waals surface area contributed by atoms with E-state index in [0.717, 1.165) is 32.1 Å². The van der Waals surface area contributed by atoms with Crippen molar-refractivity contribution in [1.82, 2.24) is 4.72 Å². The maximum atomic E-state index is 12.5. The summed E-state index contributed by atoms with van der Waals surface area (Å²) in [6, 6.07) is 4.23. The Hall–Kier alpha value is -1.64. The number of hydrogen-bond acceptors (Lipinski definition) is 6. The van der Waals surface area contributed by atoms with Crippen molar-refractivity contribution in [2.24, 2.45) is 0 Å². The molecule has 1 saturated heterocycles. The van der Waals surface area contributed by atoms with Gasteiger partial charge in [0.25, 0.3) is 0 Å². The molecule has 2 aliphatic rings. The van der Waals surface area contributed by atoms with Gasteiger partial charge in [0.2, 0.25) is 10.0 Å². The average molecular weight is 369 g/mol. The van der Waals surface area contributed by atoms with E-state index >= 15 is 0 Å². The highest BCUT2D eigenvalue weighted by Crippen LogP contribution is 2.28. The van der Waals surface area contributed by atoms with Gasteiger partial charge < -0.3 is 14.2 Å². The van der Waals surface area contributed by atoms with Crippen LogP contribution in [0, 0.1) is 0 Å². The summed E-state index contributed by atoms with van der Waals surface area (Å²) in [5, 5.41) is 0. The second-order valence-electron chi connectivity index (χ2n) is 6.35. The Bertz CT molecular complexity index is 723. The summed E-state index contributed by atoms with van der Waals surface area (Å²) in [5.41, 5.74) is 0.174. The average Bonchev–Trinajstić information content (AvgIpc) is 3.43. The minimum absolute atomic E-state index is 0.0336. The van der Waals surface area contributed by atoms with E-state index in [1.807, 2.05) is 0 Å². The predicted octanol–water partition coefficient (Wildman–Crippen LogP) is 1.86. The van der Waals surface area contributed by atoms with Gasteiger partial charge in [-0.25, -0.2) is 17.9 Å². The quantitative estimate of drug-likeness (QED) is 0.738. The summed E-state index contributed by atoms with van der Waals surface area (Å²) in [7, 11) is -2.35. The standard InChI is InChI=1S/C17H23NO6S/c1-22-15-8-5-12(10-16(15)25(20,21)18-13-6-7-13)17(19)24-11-14-4-2-3-9-23-14/h5,8,10,13-14,18H,2-4,6-7,9,11H2,1H3/t14-/m0/s1. The molecule has 1 saturated carbocycles. The van der Waals surface area contributed by atoms with Gasteiger partial charge in [0, 0.05) is 12.6 Å². The summed E-state index contributed by atoms with van der Waals surface area (Å²) in [6.45, 7) is 0.854. The monoisotopic (exact) mass is 369 g/mol. The van der Waals surface area contributed by atoms with Crippen LogP contribution in [0.3, 0.4) is 0 Å². The lowest BCUT2D eigenvalue weighted by Crippen LogP contribution is -2.27. The highest BCUT2D eigenvalue weighted by Gasteiger charge is 2.30. The Labute approximate surface area is 147 Å². The van der Waals surface area contributed by atoms with Crippen LogP contribution in [0.5, 0.6) is 5.75 Å². The molecule has 2 fully saturated rings. The largest absolute Gasteiger partial charge is 0.495 e. The first-order valence-electron chi connectivity index (χ1n) is 8.48. The summed E-state index contributed by atoms with van der Waals surface area (Å²) >= 11 is 0. The Morgan fingerprint density at radius 1 is 1.28 bits per heavy atom. The molecule has 0 aromatic heterocycles. The second kappa shape index (κ2) is 7.72. The molecule has 1 aliphatic carbocycles. The van der Waals surface area contributed by atoms with Gasteiger partial charge in [-0.1, -0.05) is 0 Å². The van der Waals surface area contributed by atoms with Crippen LogP contribution in [-0.4, -0.2) is 46.9 Å². The normalized spacial score (nSPS) is 20.9. The molecule has 7 nitrogen and oxygen atoms in total. The topological polar surface area (TPSA) is 90.9 Å². The Morgan fingerprint density at radius 3 is 2.72 bits per heavy atom. The summed E-state index contributed by atoms with van der Waals surface area (Å²) < 4.78 is 43.5. The number of nitrogens with one attached hydrogen (secondary N) is 1. The van der Waals surface area contributed by atoms with Crippen molar-refractivity contribution in [3.8, 4) is 5.75 Å². The van der Waals surface area contributed by atoms with Gasteiger partial charge in [-0.2, -0.15) is 0 Å². The molecule has 25 heavy (non-hydrogen) atoms. The molecule has 0 radical (unpaired) electrons. The molecular weight excluding hydrogens is 346 g/mol. The van der Waals surface area contributed by atoms with E-state index in [1.165, 1.54) is 25.3 Å². The SMILES string of the molecule is COc1ccc(C(=O)OC[C@@H]2CCCCO2)cc1S(=O)(=O)NC1CC1. The van der Waals surface area contributed by atoms with Gasteiger partial charge >= 0.3 is 5.97 Å². The third-order valence-electron chi connectivity index (χ3n) is 4.26. The smallest absolute Gasteiger partial charge is 0.338 e. The lowest BCUT2D eigenvalue weighted by Gasteiger charge is -2.22. The number of sulfonamides is 1. The molecule has 0 unspecified atom stereocenters. The van der Waals surface area contributed by atoms with E-state index in [9.17, 15) is 13.2 Å². The van der Waals surface area contributed by atoms with Gasteiger partial charge in [0.1, 0.15) is 17.3 Å². The van der Waals surface area contributed by atoms with Crippen molar-refractivity contribution in [3.05, 3.63) is 23.8 Å². The highest BCUT2D eigenvalue weighted by atomic mass is 32.2. The molecule has 1 N–H and O–H groups in total. The lowest BCUT2D eigenvalue weighted by atomic mass is 10.1. The fraction of sp³-hybridized carbons (Fsp3) is 0.588. The van der Waals surface area contributed by atoms with Crippen molar-refractivity contribution in [2.45, 2.75) is 49.1 Å². The van der Waals surface area contributed by atoms with Crippen LogP contribution in [0.15, 0.2) is 23.1 Å². The zero-order valence-electron chi connectivity index (χ0n) is 14.2. The van der Waals surface area contributed by atoms with Crippen molar-refractivity contribution >= 4 is 16.0 Å². The summed E-state index contributed by atoms with van der Waals surface area (Å²) in [4.78, 5) is 12.2. The van der Waals surface area contributed by atoms with E-state index in [1.54, 1.807) is 0 Å². The number of carbonyl (C=O) groups excluding carboxylic acids is 1. The molecular formula is C17H23NO6S. The molecule has 0 spiro atoms. The van der Waals surface area contributed by atoms with Crippen molar-refractivity contribution in [2.75, 3.05) is 20.3 Å². The maximum Gasteiger partial charge on any atom is 0.338 e. The zero-order chi connectivity index (χ0) is 17.9. The Morgan fingerprint density at radius 2 is 2.08 bits per heavy atom. The van der Waals surface area contributed by atoms with Gasteiger partial charge in [-0.3, -0.25) is 0 Å². The number of carbonyl (C=O) groups is 1. The first-order valence-corrected chi connectivity index (χ1v) is 9.97. The van der Waals surface area contributed by atoms with Crippen LogP contribution in [0.2, 0.25) is 0 Å². The lowest BCUT2D eigenvalue weighted by molar-refractivity contribution is -0.0300. The fourth-order valence-electron chi connectivity index (χ4n) is 2.69. The predicted molar refractivity (Wildman–Crippen MR) is 90.2 cm³/mol. The van der Waals surface area contributed by atoms with Crippen molar-refractivity contribution < 1.29 is 27.4 Å². The minimum Gasteiger partial charge on any atom is -0.495 e. The van der Waals surface area contributed by atoms with Crippen LogP contribution in [0.1, 0.15) is 42.5 Å². The third kappa shape index (κ3) is 4.71. The van der Waals surface area contributed by atoms with Gasteiger partial charge in [-0.05, 0) is 50.3 Å². The number of esters is 1. The van der Waals surface area contributed by atoms with Crippen molar-refractivity contribution in [3.63, 3.8) is 0 Å². The number of benzene rings is 1.